The Bertz CT molecular complexity index is 1520. The van der Waals surface area contributed by atoms with Crippen molar-refractivity contribution in [3.8, 4) is 0 Å². The molecule has 0 aliphatic heterocycles. The van der Waals surface area contributed by atoms with Crippen LogP contribution in [0.2, 0.25) is 5.02 Å². The summed E-state index contributed by atoms with van der Waals surface area (Å²) in [7, 11) is 0. The maximum absolute atomic E-state index is 13.2. The zero-order valence-corrected chi connectivity index (χ0v) is 21.2. The second-order valence-electron chi connectivity index (χ2n) is 9.15. The van der Waals surface area contributed by atoms with Crippen molar-refractivity contribution in [3.05, 3.63) is 123 Å². The molecule has 0 aliphatic rings. The zero-order chi connectivity index (χ0) is 25.2. The van der Waals surface area contributed by atoms with E-state index in [0.29, 0.717) is 11.4 Å². The molecule has 0 radical (unpaired) electrons. The van der Waals surface area contributed by atoms with Gasteiger partial charge in [-0.2, -0.15) is 0 Å². The third-order valence-corrected chi connectivity index (χ3v) is 6.74. The van der Waals surface area contributed by atoms with Crippen LogP contribution in [-0.2, 0) is 17.6 Å². The van der Waals surface area contributed by atoms with Crippen LogP contribution in [-0.4, -0.2) is 11.1 Å². The Balaban J connectivity index is 1.35. The molecule has 1 N–H and O–H groups in total. The van der Waals surface area contributed by atoms with Crippen LogP contribution in [0, 0.1) is 20.8 Å². The number of benzene rings is 3. The third kappa shape index (κ3) is 5.07. The molecule has 0 fully saturated rings. The number of fused-ring (bicyclic) bond motifs is 1. The molecular weight excluding hydrogens is 472 g/mol. The van der Waals surface area contributed by atoms with Crippen molar-refractivity contribution in [1.82, 2.24) is 10.5 Å². The van der Waals surface area contributed by atoms with Crippen molar-refractivity contribution in [3.63, 3.8) is 0 Å². The van der Waals surface area contributed by atoms with Crippen molar-refractivity contribution in [1.29, 1.82) is 0 Å². The fourth-order valence-corrected chi connectivity index (χ4v) is 4.85. The van der Waals surface area contributed by atoms with Crippen LogP contribution < -0.4 is 5.32 Å². The number of aromatic nitrogens is 1. The average molecular weight is 499 g/mol. The number of hydrogen-bond acceptors (Lipinski definition) is 4. The Kier molecular flexibility index (Phi) is 6.66. The molecule has 0 aliphatic carbocycles. The molecule has 3 aromatic carbocycles. The number of nitrogens with one attached hydrogen (secondary N) is 1. The maximum atomic E-state index is 13.2. The highest BCUT2D eigenvalue weighted by molar-refractivity contribution is 6.30. The SMILES string of the molecule is Cc1cc(Cl)ccc1C(NC(=O)Cc1ccc2oc(Cc3c(C)noc3C)cc2c1)c1ccccc1. The Morgan fingerprint density at radius 3 is 2.53 bits per heavy atom. The fourth-order valence-electron chi connectivity index (χ4n) is 4.62. The first kappa shape index (κ1) is 23.9. The molecule has 36 heavy (non-hydrogen) atoms. The van der Waals surface area contributed by atoms with Crippen LogP contribution in [0.5, 0.6) is 0 Å². The van der Waals surface area contributed by atoms with Crippen LogP contribution in [0.4, 0.5) is 0 Å². The molecule has 0 saturated heterocycles. The number of nitrogens with zero attached hydrogens (tertiary/aromatic N) is 1. The Morgan fingerprint density at radius 1 is 1.00 bits per heavy atom. The number of carbonyl (C=O) groups excluding carboxylic acids is 1. The number of furan rings is 1. The molecule has 1 amide bonds. The molecule has 0 bridgehead atoms. The minimum atomic E-state index is -0.268. The molecule has 5 nitrogen and oxygen atoms in total. The second kappa shape index (κ2) is 10.0. The van der Waals surface area contributed by atoms with Gasteiger partial charge in [0.25, 0.3) is 0 Å². The van der Waals surface area contributed by atoms with E-state index in [2.05, 4.69) is 10.5 Å². The van der Waals surface area contributed by atoms with Crippen molar-refractivity contribution >= 4 is 28.5 Å². The van der Waals surface area contributed by atoms with E-state index in [1.807, 2.05) is 93.6 Å². The van der Waals surface area contributed by atoms with Crippen LogP contribution in [0.25, 0.3) is 11.0 Å². The molecule has 5 aromatic rings. The Labute approximate surface area is 215 Å². The normalized spacial score (nSPS) is 12.1. The van der Waals surface area contributed by atoms with Gasteiger partial charge in [0.15, 0.2) is 0 Å². The summed E-state index contributed by atoms with van der Waals surface area (Å²) < 4.78 is 11.3. The van der Waals surface area contributed by atoms with Gasteiger partial charge in [-0.15, -0.1) is 0 Å². The molecule has 2 heterocycles. The van der Waals surface area contributed by atoms with Crippen LogP contribution in [0.3, 0.4) is 0 Å². The van der Waals surface area contributed by atoms with Gasteiger partial charge in [0.1, 0.15) is 17.1 Å². The van der Waals surface area contributed by atoms with Gasteiger partial charge in [0.05, 0.1) is 18.2 Å². The van der Waals surface area contributed by atoms with Crippen LogP contribution in [0.15, 0.2) is 81.7 Å². The van der Waals surface area contributed by atoms with E-state index in [4.69, 9.17) is 20.5 Å². The quantitative estimate of drug-likeness (QED) is 0.261. The van der Waals surface area contributed by atoms with Gasteiger partial charge in [-0.05, 0) is 73.4 Å². The number of halogens is 1. The van der Waals surface area contributed by atoms with E-state index in [1.165, 1.54) is 0 Å². The summed E-state index contributed by atoms with van der Waals surface area (Å²) in [5.74, 6) is 1.58. The van der Waals surface area contributed by atoms with Crippen molar-refractivity contribution in [2.45, 2.75) is 39.7 Å². The molecule has 182 valence electrons. The summed E-state index contributed by atoms with van der Waals surface area (Å²) in [5, 5.41) is 8.90. The summed E-state index contributed by atoms with van der Waals surface area (Å²) in [5.41, 5.74) is 6.69. The summed E-state index contributed by atoms with van der Waals surface area (Å²) in [6.45, 7) is 5.85. The predicted octanol–water partition coefficient (Wildman–Crippen LogP) is 7.04. The molecular formula is C30H27ClN2O3. The van der Waals surface area contributed by atoms with Gasteiger partial charge in [-0.3, -0.25) is 4.79 Å². The number of aryl methyl sites for hydroxylation is 3. The van der Waals surface area contributed by atoms with Crippen molar-refractivity contribution < 1.29 is 13.7 Å². The van der Waals surface area contributed by atoms with E-state index in [1.54, 1.807) is 0 Å². The topological polar surface area (TPSA) is 68.3 Å². The summed E-state index contributed by atoms with van der Waals surface area (Å²) in [6, 6.07) is 23.4. The maximum Gasteiger partial charge on any atom is 0.225 e. The molecule has 0 saturated carbocycles. The minimum absolute atomic E-state index is 0.0583. The van der Waals surface area contributed by atoms with Crippen LogP contribution in [0.1, 0.15) is 51.1 Å². The van der Waals surface area contributed by atoms with E-state index in [9.17, 15) is 4.79 Å². The van der Waals surface area contributed by atoms with Gasteiger partial charge in [0, 0.05) is 22.4 Å². The van der Waals surface area contributed by atoms with E-state index in [-0.39, 0.29) is 18.4 Å². The largest absolute Gasteiger partial charge is 0.461 e. The van der Waals surface area contributed by atoms with Crippen molar-refractivity contribution in [2.24, 2.45) is 0 Å². The summed E-state index contributed by atoms with van der Waals surface area (Å²) in [6.07, 6.45) is 0.876. The number of hydrogen-bond donors (Lipinski definition) is 1. The lowest BCUT2D eigenvalue weighted by atomic mass is 9.94. The van der Waals surface area contributed by atoms with Gasteiger partial charge in [-0.1, -0.05) is 59.2 Å². The molecule has 5 rings (SSSR count). The second-order valence-corrected chi connectivity index (χ2v) is 9.59. The predicted molar refractivity (Wildman–Crippen MR) is 141 cm³/mol. The van der Waals surface area contributed by atoms with Gasteiger partial charge < -0.3 is 14.3 Å². The Hall–Kier alpha value is -3.83. The third-order valence-electron chi connectivity index (χ3n) is 6.51. The number of amides is 1. The molecule has 6 heteroatoms. The zero-order valence-electron chi connectivity index (χ0n) is 20.5. The lowest BCUT2D eigenvalue weighted by Crippen LogP contribution is -2.31. The molecule has 1 atom stereocenters. The highest BCUT2D eigenvalue weighted by Gasteiger charge is 2.19. The first-order chi connectivity index (χ1) is 17.4. The Morgan fingerprint density at radius 2 is 1.81 bits per heavy atom. The monoisotopic (exact) mass is 498 g/mol. The fraction of sp³-hybridized carbons (Fsp3) is 0.200. The van der Waals surface area contributed by atoms with Gasteiger partial charge in [0.2, 0.25) is 5.91 Å². The smallest absolute Gasteiger partial charge is 0.225 e. The molecule has 2 aromatic heterocycles. The van der Waals surface area contributed by atoms with Crippen LogP contribution >= 0.6 is 11.6 Å². The van der Waals surface area contributed by atoms with E-state index in [0.717, 1.165) is 56.0 Å². The van der Waals surface area contributed by atoms with Gasteiger partial charge >= 0.3 is 0 Å². The highest BCUT2D eigenvalue weighted by Crippen LogP contribution is 2.28. The number of carbonyl (C=O) groups is 1. The first-order valence-corrected chi connectivity index (χ1v) is 12.3. The first-order valence-electron chi connectivity index (χ1n) is 11.9. The van der Waals surface area contributed by atoms with E-state index >= 15 is 0 Å². The average Bonchev–Trinajstić information content (AvgIpc) is 3.41. The summed E-state index contributed by atoms with van der Waals surface area (Å²) in [4.78, 5) is 13.2. The lowest BCUT2D eigenvalue weighted by molar-refractivity contribution is -0.120. The summed E-state index contributed by atoms with van der Waals surface area (Å²) >= 11 is 6.18. The van der Waals surface area contributed by atoms with E-state index < -0.39 is 0 Å². The minimum Gasteiger partial charge on any atom is -0.461 e. The molecule has 0 spiro atoms. The van der Waals surface area contributed by atoms with Gasteiger partial charge in [-0.25, -0.2) is 0 Å². The molecule has 1 unspecified atom stereocenters. The standard InChI is InChI=1S/C30H27ClN2O3/c1-18-13-24(31)10-11-26(18)30(22-7-5-4-6-8-22)32-29(34)15-21-9-12-28-23(14-21)16-25(35-28)17-27-19(2)33-36-20(27)3/h4-14,16,30H,15,17H2,1-3H3,(H,32,34). The van der Waals surface area contributed by atoms with Crippen molar-refractivity contribution in [2.75, 3.05) is 0 Å². The lowest BCUT2D eigenvalue weighted by Gasteiger charge is -2.22. The number of rotatable bonds is 7. The highest BCUT2D eigenvalue weighted by atomic mass is 35.5.